The van der Waals surface area contributed by atoms with Crippen LogP contribution in [-0.4, -0.2) is 73.1 Å². The molecule has 5 aromatic rings. The van der Waals surface area contributed by atoms with Gasteiger partial charge in [0, 0.05) is 80.5 Å². The molecule has 3 aromatic carbocycles. The van der Waals surface area contributed by atoms with Gasteiger partial charge in [0.1, 0.15) is 0 Å². The van der Waals surface area contributed by atoms with Gasteiger partial charge in [0.05, 0.1) is 25.2 Å². The summed E-state index contributed by atoms with van der Waals surface area (Å²) >= 11 is 0. The number of rotatable bonds is 19. The van der Waals surface area contributed by atoms with E-state index in [2.05, 4.69) is 82.7 Å². The number of nitrogens with one attached hydrogen (secondary N) is 1. The Morgan fingerprint density at radius 1 is 0.854 bits per heavy atom. The molecule has 2 aromatic heterocycles. The zero-order valence-corrected chi connectivity index (χ0v) is 29.6. The van der Waals surface area contributed by atoms with Crippen molar-refractivity contribution in [3.8, 4) is 0 Å². The number of fused-ring (bicyclic) bond motifs is 4. The Hall–Kier alpha value is -3.90. The van der Waals surface area contributed by atoms with E-state index in [0.29, 0.717) is 45.6 Å². The maximum absolute atomic E-state index is 13.0. The van der Waals surface area contributed by atoms with Crippen molar-refractivity contribution in [1.82, 2.24) is 9.88 Å². The third-order valence-corrected chi connectivity index (χ3v) is 11.5. The van der Waals surface area contributed by atoms with Gasteiger partial charge in [-0.25, -0.2) is 0 Å². The minimum atomic E-state index is -2.70. The van der Waals surface area contributed by atoms with Gasteiger partial charge < -0.3 is 32.6 Å². The molecule has 0 unspecified atom stereocenters. The first-order valence-corrected chi connectivity index (χ1v) is 18.7. The van der Waals surface area contributed by atoms with E-state index in [4.69, 9.17) is 22.8 Å². The lowest BCUT2D eigenvalue weighted by Gasteiger charge is -2.27. The van der Waals surface area contributed by atoms with Gasteiger partial charge >= 0.3 is 8.80 Å². The van der Waals surface area contributed by atoms with Crippen LogP contribution in [0.15, 0.2) is 79.0 Å². The van der Waals surface area contributed by atoms with Crippen LogP contribution < -0.4 is 9.88 Å². The zero-order valence-electron chi connectivity index (χ0n) is 28.6. The van der Waals surface area contributed by atoms with E-state index in [1.165, 1.54) is 21.8 Å². The molecule has 48 heavy (non-hydrogen) atoms. The Labute approximate surface area is 284 Å². The van der Waals surface area contributed by atoms with Crippen molar-refractivity contribution in [2.45, 2.75) is 39.4 Å². The average molecular weight is 671 g/mol. The largest absolute Gasteiger partial charge is 0.500 e. The summed E-state index contributed by atoms with van der Waals surface area (Å²) in [4.78, 5) is 13.0. The molecule has 2 heterocycles. The van der Waals surface area contributed by atoms with Crippen LogP contribution in [0.3, 0.4) is 0 Å². The molecular weight excluding hydrogens is 623 g/mol. The SMILES string of the molecule is CCO[Si](CCCNC(=O)C[n+]1ccc(/C=C/c2ccc3c(c2)c2ccccc2n3CCOCCOC)c2ccccc21)(OC)OCC. The first kappa shape index (κ1) is 35.4. The van der Waals surface area contributed by atoms with Crippen LogP contribution in [0.25, 0.3) is 44.9 Å². The number of carbonyl (C=O) groups excluding carboxylic acids is 1. The summed E-state index contributed by atoms with van der Waals surface area (Å²) in [5, 5.41) is 6.59. The molecule has 0 spiro atoms. The van der Waals surface area contributed by atoms with Gasteiger partial charge in [0.25, 0.3) is 5.91 Å². The Morgan fingerprint density at radius 3 is 2.38 bits per heavy atom. The number of ether oxygens (including phenoxy) is 2. The number of methoxy groups -OCH3 is 1. The molecule has 0 radical (unpaired) electrons. The van der Waals surface area contributed by atoms with Crippen molar-refractivity contribution >= 4 is 59.6 Å². The number of hydrogen-bond acceptors (Lipinski definition) is 6. The van der Waals surface area contributed by atoms with Crippen molar-refractivity contribution in [3.05, 3.63) is 90.1 Å². The highest BCUT2D eigenvalue weighted by Gasteiger charge is 2.38. The lowest BCUT2D eigenvalue weighted by molar-refractivity contribution is -0.658. The molecule has 1 N–H and O–H groups in total. The van der Waals surface area contributed by atoms with Gasteiger partial charge in [-0.05, 0) is 55.7 Å². The summed E-state index contributed by atoms with van der Waals surface area (Å²) in [6, 6.07) is 26.1. The van der Waals surface area contributed by atoms with E-state index < -0.39 is 8.80 Å². The number of para-hydroxylation sites is 2. The third-order valence-electron chi connectivity index (χ3n) is 8.44. The standard InChI is InChI=1S/C38H47N3O6Si/c1-5-46-48(44-4,47-6-2)27-11-21-39-38(42)29-40-22-20-31(32-12-7-9-14-35(32)40)18-16-30-17-19-37-34(28-30)33-13-8-10-15-36(33)41(37)23-24-45-26-25-43-3/h7-10,12-20,22,28H,5-6,11,21,23-27,29H2,1-4H3/p+1. The molecule has 10 heteroatoms. The van der Waals surface area contributed by atoms with Crippen LogP contribution >= 0.6 is 0 Å². The van der Waals surface area contributed by atoms with Crippen molar-refractivity contribution < 1.29 is 32.1 Å². The van der Waals surface area contributed by atoms with Crippen molar-refractivity contribution in [1.29, 1.82) is 0 Å². The van der Waals surface area contributed by atoms with Crippen LogP contribution in [0, 0.1) is 0 Å². The normalized spacial score (nSPS) is 12.2. The number of hydrogen-bond donors (Lipinski definition) is 1. The van der Waals surface area contributed by atoms with Gasteiger partial charge in [-0.2, -0.15) is 4.57 Å². The van der Waals surface area contributed by atoms with Crippen molar-refractivity contribution in [2.24, 2.45) is 0 Å². The van der Waals surface area contributed by atoms with Crippen LogP contribution in [0.5, 0.6) is 0 Å². The summed E-state index contributed by atoms with van der Waals surface area (Å²) in [6.45, 7) is 8.29. The summed E-state index contributed by atoms with van der Waals surface area (Å²) in [6.07, 6.45) is 7.02. The number of nitrogens with zero attached hydrogens (tertiary/aromatic N) is 2. The lowest BCUT2D eigenvalue weighted by Crippen LogP contribution is -2.46. The molecule has 0 saturated heterocycles. The van der Waals surface area contributed by atoms with E-state index in [-0.39, 0.29) is 12.5 Å². The Balaban J connectivity index is 1.28. The fourth-order valence-electron chi connectivity index (χ4n) is 6.18. The highest BCUT2D eigenvalue weighted by atomic mass is 28.4. The number of carbonyl (C=O) groups is 1. The van der Waals surface area contributed by atoms with E-state index in [9.17, 15) is 4.79 Å². The highest BCUT2D eigenvalue weighted by molar-refractivity contribution is 6.60. The highest BCUT2D eigenvalue weighted by Crippen LogP contribution is 2.30. The average Bonchev–Trinajstić information content (AvgIpc) is 3.42. The van der Waals surface area contributed by atoms with E-state index in [1.807, 2.05) is 36.7 Å². The molecule has 0 aliphatic heterocycles. The van der Waals surface area contributed by atoms with E-state index >= 15 is 0 Å². The number of pyridine rings is 1. The molecule has 0 aliphatic carbocycles. The maximum atomic E-state index is 13.0. The quantitative estimate of drug-likeness (QED) is 0.0637. The van der Waals surface area contributed by atoms with Crippen molar-refractivity contribution in [3.63, 3.8) is 0 Å². The first-order chi connectivity index (χ1) is 23.5. The summed E-state index contributed by atoms with van der Waals surface area (Å²) in [5.74, 6) is -0.0417. The van der Waals surface area contributed by atoms with Gasteiger partial charge in [0.2, 0.25) is 12.1 Å². The molecule has 1 amide bonds. The Bertz CT molecular complexity index is 1830. The zero-order chi connectivity index (χ0) is 33.8. The topological polar surface area (TPSA) is 84.1 Å². The van der Waals surface area contributed by atoms with Gasteiger partial charge in [-0.15, -0.1) is 0 Å². The monoisotopic (exact) mass is 670 g/mol. The van der Waals surface area contributed by atoms with Crippen LogP contribution in [0.1, 0.15) is 31.4 Å². The maximum Gasteiger partial charge on any atom is 0.500 e. The van der Waals surface area contributed by atoms with Gasteiger partial charge in [0.15, 0.2) is 6.20 Å². The van der Waals surface area contributed by atoms with Gasteiger partial charge in [-0.1, -0.05) is 48.6 Å². The smallest absolute Gasteiger partial charge is 0.382 e. The second-order valence-corrected chi connectivity index (χ2v) is 14.4. The molecule has 5 rings (SSSR count). The Kier molecular flexibility index (Phi) is 12.9. The first-order valence-electron chi connectivity index (χ1n) is 16.8. The van der Waals surface area contributed by atoms with Gasteiger partial charge in [-0.3, -0.25) is 4.79 Å². The molecule has 0 fully saturated rings. The fraction of sp³-hybridized carbons (Fsp3) is 0.368. The summed E-state index contributed by atoms with van der Waals surface area (Å²) in [5.41, 5.74) is 5.60. The molecule has 0 atom stereocenters. The molecule has 9 nitrogen and oxygen atoms in total. The molecule has 0 saturated carbocycles. The minimum Gasteiger partial charge on any atom is -0.382 e. The predicted molar refractivity (Wildman–Crippen MR) is 194 cm³/mol. The number of aromatic nitrogens is 2. The second kappa shape index (κ2) is 17.5. The lowest BCUT2D eigenvalue weighted by atomic mass is 10.1. The summed E-state index contributed by atoms with van der Waals surface area (Å²) in [7, 11) is 0.628. The van der Waals surface area contributed by atoms with E-state index in [0.717, 1.165) is 35.0 Å². The predicted octanol–water partition coefficient (Wildman–Crippen LogP) is 6.23. The minimum absolute atomic E-state index is 0.0417. The second-order valence-electron chi connectivity index (χ2n) is 11.5. The van der Waals surface area contributed by atoms with Crippen LogP contribution in [-0.2, 0) is 40.6 Å². The third kappa shape index (κ3) is 8.57. The van der Waals surface area contributed by atoms with Crippen LogP contribution in [0.4, 0.5) is 0 Å². The number of amides is 1. The fourth-order valence-corrected chi connectivity index (χ4v) is 8.48. The van der Waals surface area contributed by atoms with Crippen LogP contribution in [0.2, 0.25) is 6.04 Å². The molecular formula is C38H48N3O6Si+. The van der Waals surface area contributed by atoms with Crippen molar-refractivity contribution in [2.75, 3.05) is 53.8 Å². The van der Waals surface area contributed by atoms with E-state index in [1.54, 1.807) is 14.2 Å². The molecule has 0 bridgehead atoms. The molecule has 254 valence electrons. The summed E-state index contributed by atoms with van der Waals surface area (Å²) < 4.78 is 32.6. The number of benzene rings is 3. The molecule has 0 aliphatic rings. The Morgan fingerprint density at radius 2 is 1.60 bits per heavy atom.